The minimum atomic E-state index is 0.664. The monoisotopic (exact) mass is 210 g/mol. The van der Waals surface area contributed by atoms with Gasteiger partial charge in [-0.25, -0.2) is 4.98 Å². The van der Waals surface area contributed by atoms with Crippen LogP contribution < -0.4 is 11.1 Å². The summed E-state index contributed by atoms with van der Waals surface area (Å²) in [6, 6.07) is 0. The molecule has 1 heterocycles. The minimum Gasteiger partial charge on any atom is -0.355 e. The molecule has 1 aromatic rings. The number of aryl methyl sites for hydroxylation is 1. The molecule has 0 fully saturated rings. The smallest absolute Gasteiger partial charge is 0.202 e. The van der Waals surface area contributed by atoms with Crippen molar-refractivity contribution in [2.24, 2.45) is 18.7 Å². The second-order valence-electron chi connectivity index (χ2n) is 3.97. The second kappa shape index (κ2) is 6.45. The Morgan fingerprint density at radius 1 is 1.53 bits per heavy atom. The van der Waals surface area contributed by atoms with E-state index in [9.17, 15) is 0 Å². The van der Waals surface area contributed by atoms with E-state index in [2.05, 4.69) is 17.2 Å². The molecule has 3 N–H and O–H groups in total. The molecule has 0 saturated carbocycles. The Kier molecular flexibility index (Phi) is 5.18. The highest BCUT2D eigenvalue weighted by Gasteiger charge is 2.07. The molecule has 15 heavy (non-hydrogen) atoms. The van der Waals surface area contributed by atoms with Gasteiger partial charge in [-0.1, -0.05) is 13.3 Å². The van der Waals surface area contributed by atoms with Gasteiger partial charge in [0.1, 0.15) is 0 Å². The lowest BCUT2D eigenvalue weighted by Crippen LogP contribution is -2.19. The molecule has 86 valence electrons. The van der Waals surface area contributed by atoms with E-state index in [-0.39, 0.29) is 0 Å². The summed E-state index contributed by atoms with van der Waals surface area (Å²) in [5.41, 5.74) is 5.59. The Bertz CT molecular complexity index is 263. The first kappa shape index (κ1) is 12.0. The maximum atomic E-state index is 5.59. The average molecular weight is 210 g/mol. The van der Waals surface area contributed by atoms with Crippen molar-refractivity contribution < 1.29 is 0 Å². The zero-order chi connectivity index (χ0) is 11.1. The van der Waals surface area contributed by atoms with Crippen molar-refractivity contribution in [1.82, 2.24) is 9.55 Å². The fraction of sp³-hybridized carbons (Fsp3) is 0.727. The Morgan fingerprint density at radius 2 is 2.33 bits per heavy atom. The molecule has 1 aromatic heterocycles. The van der Waals surface area contributed by atoms with E-state index in [4.69, 9.17) is 5.73 Å². The minimum absolute atomic E-state index is 0.664. The topological polar surface area (TPSA) is 55.9 Å². The Labute approximate surface area is 91.9 Å². The van der Waals surface area contributed by atoms with Gasteiger partial charge in [0.2, 0.25) is 5.95 Å². The zero-order valence-corrected chi connectivity index (χ0v) is 9.74. The number of nitrogens with one attached hydrogen (secondary N) is 1. The van der Waals surface area contributed by atoms with Crippen LogP contribution in [0, 0.1) is 5.92 Å². The summed E-state index contributed by atoms with van der Waals surface area (Å²) in [5.74, 6) is 1.60. The standard InChI is InChI=1S/C11H22N4/c1-3-4-10(5-6-12)9-14-11-13-7-8-15(11)2/h7-8,10H,3-6,9,12H2,1-2H3,(H,13,14). The van der Waals surface area contributed by atoms with E-state index >= 15 is 0 Å². The normalized spacial score (nSPS) is 12.7. The zero-order valence-electron chi connectivity index (χ0n) is 9.74. The van der Waals surface area contributed by atoms with Crippen LogP contribution in [0.1, 0.15) is 26.2 Å². The largest absolute Gasteiger partial charge is 0.355 e. The van der Waals surface area contributed by atoms with E-state index in [0.29, 0.717) is 5.92 Å². The highest BCUT2D eigenvalue weighted by atomic mass is 15.2. The molecule has 0 amide bonds. The van der Waals surface area contributed by atoms with Crippen LogP contribution in [0.2, 0.25) is 0 Å². The van der Waals surface area contributed by atoms with Crippen molar-refractivity contribution in [2.75, 3.05) is 18.4 Å². The van der Waals surface area contributed by atoms with Gasteiger partial charge in [0.25, 0.3) is 0 Å². The van der Waals surface area contributed by atoms with Crippen LogP contribution in [0.3, 0.4) is 0 Å². The van der Waals surface area contributed by atoms with Gasteiger partial charge in [0.15, 0.2) is 0 Å². The first-order chi connectivity index (χ1) is 7.27. The molecular weight excluding hydrogens is 188 g/mol. The van der Waals surface area contributed by atoms with Crippen LogP contribution in [-0.4, -0.2) is 22.6 Å². The van der Waals surface area contributed by atoms with Crippen LogP contribution in [0.4, 0.5) is 5.95 Å². The molecule has 0 saturated heterocycles. The first-order valence-corrected chi connectivity index (χ1v) is 5.69. The number of nitrogens with two attached hydrogens (primary N) is 1. The Hall–Kier alpha value is -1.03. The summed E-state index contributed by atoms with van der Waals surface area (Å²) >= 11 is 0. The first-order valence-electron chi connectivity index (χ1n) is 5.69. The van der Waals surface area contributed by atoms with E-state index in [1.54, 1.807) is 6.20 Å². The van der Waals surface area contributed by atoms with Crippen molar-refractivity contribution in [3.63, 3.8) is 0 Å². The maximum Gasteiger partial charge on any atom is 0.202 e. The lowest BCUT2D eigenvalue weighted by atomic mass is 10.00. The summed E-state index contributed by atoms with van der Waals surface area (Å²) in [6.07, 6.45) is 7.28. The van der Waals surface area contributed by atoms with E-state index in [0.717, 1.165) is 25.5 Å². The summed E-state index contributed by atoms with van der Waals surface area (Å²) in [4.78, 5) is 4.23. The van der Waals surface area contributed by atoms with Crippen molar-refractivity contribution in [1.29, 1.82) is 0 Å². The predicted octanol–water partition coefficient (Wildman–Crippen LogP) is 1.60. The van der Waals surface area contributed by atoms with Gasteiger partial charge >= 0.3 is 0 Å². The van der Waals surface area contributed by atoms with Crippen molar-refractivity contribution in [3.8, 4) is 0 Å². The highest BCUT2D eigenvalue weighted by molar-refractivity contribution is 5.25. The average Bonchev–Trinajstić information content (AvgIpc) is 2.61. The quantitative estimate of drug-likeness (QED) is 0.718. The third kappa shape index (κ3) is 3.91. The Morgan fingerprint density at radius 3 is 2.87 bits per heavy atom. The van der Waals surface area contributed by atoms with Gasteiger partial charge in [0.05, 0.1) is 0 Å². The highest BCUT2D eigenvalue weighted by Crippen LogP contribution is 2.11. The summed E-state index contributed by atoms with van der Waals surface area (Å²) in [5, 5.41) is 3.36. The van der Waals surface area contributed by atoms with E-state index in [1.807, 2.05) is 17.8 Å². The van der Waals surface area contributed by atoms with Crippen LogP contribution in [0.5, 0.6) is 0 Å². The molecule has 0 aliphatic carbocycles. The molecule has 0 aliphatic rings. The number of hydrogen-bond donors (Lipinski definition) is 2. The number of imidazole rings is 1. The molecule has 0 aromatic carbocycles. The number of nitrogens with zero attached hydrogens (tertiary/aromatic N) is 2. The van der Waals surface area contributed by atoms with E-state index < -0.39 is 0 Å². The third-order valence-electron chi connectivity index (χ3n) is 2.64. The Balaban J connectivity index is 2.36. The summed E-state index contributed by atoms with van der Waals surface area (Å²) in [7, 11) is 1.99. The van der Waals surface area contributed by atoms with E-state index in [1.165, 1.54) is 12.8 Å². The molecular formula is C11H22N4. The predicted molar refractivity (Wildman–Crippen MR) is 63.8 cm³/mol. The van der Waals surface area contributed by atoms with Crippen molar-refractivity contribution in [2.45, 2.75) is 26.2 Å². The van der Waals surface area contributed by atoms with Crippen LogP contribution in [-0.2, 0) is 7.05 Å². The molecule has 0 bridgehead atoms. The molecule has 4 nitrogen and oxygen atoms in total. The van der Waals surface area contributed by atoms with Crippen LogP contribution in [0.25, 0.3) is 0 Å². The van der Waals surface area contributed by atoms with Crippen molar-refractivity contribution >= 4 is 5.95 Å². The number of hydrogen-bond acceptors (Lipinski definition) is 3. The number of aromatic nitrogens is 2. The van der Waals surface area contributed by atoms with Gasteiger partial charge in [0, 0.05) is 26.0 Å². The van der Waals surface area contributed by atoms with Gasteiger partial charge < -0.3 is 15.6 Å². The molecule has 0 radical (unpaired) electrons. The van der Waals surface area contributed by atoms with Gasteiger partial charge in [-0.3, -0.25) is 0 Å². The third-order valence-corrected chi connectivity index (χ3v) is 2.64. The molecule has 4 heteroatoms. The van der Waals surface area contributed by atoms with Gasteiger partial charge in [-0.05, 0) is 25.3 Å². The summed E-state index contributed by atoms with van der Waals surface area (Å²) in [6.45, 7) is 3.95. The van der Waals surface area contributed by atoms with Crippen LogP contribution in [0.15, 0.2) is 12.4 Å². The molecule has 0 spiro atoms. The lowest BCUT2D eigenvalue weighted by molar-refractivity contribution is 0.472. The second-order valence-corrected chi connectivity index (χ2v) is 3.97. The maximum absolute atomic E-state index is 5.59. The van der Waals surface area contributed by atoms with Gasteiger partial charge in [-0.2, -0.15) is 0 Å². The molecule has 1 atom stereocenters. The lowest BCUT2D eigenvalue weighted by Gasteiger charge is -2.16. The summed E-state index contributed by atoms with van der Waals surface area (Å²) < 4.78 is 1.99. The number of anilines is 1. The van der Waals surface area contributed by atoms with Crippen LogP contribution >= 0.6 is 0 Å². The molecule has 1 rings (SSSR count). The fourth-order valence-corrected chi connectivity index (χ4v) is 1.76. The SMILES string of the molecule is CCCC(CCN)CNc1nccn1C. The number of rotatable bonds is 7. The van der Waals surface area contributed by atoms with Crippen molar-refractivity contribution in [3.05, 3.63) is 12.4 Å². The fourth-order valence-electron chi connectivity index (χ4n) is 1.76. The molecule has 1 unspecified atom stereocenters. The van der Waals surface area contributed by atoms with Gasteiger partial charge in [-0.15, -0.1) is 0 Å². The molecule has 0 aliphatic heterocycles.